The van der Waals surface area contributed by atoms with Gasteiger partial charge >= 0.3 is 0 Å². The number of anilines is 2. The lowest BCUT2D eigenvalue weighted by atomic mass is 10.2. The lowest BCUT2D eigenvalue weighted by Crippen LogP contribution is -1.98. The molecule has 2 heterocycles. The summed E-state index contributed by atoms with van der Waals surface area (Å²) in [7, 11) is 3.10. The number of aliphatic imine (C=N–C) groups is 1. The molecule has 1 aliphatic heterocycles. The number of methoxy groups -OCH3 is 2. The maximum absolute atomic E-state index is 13.4. The molecule has 0 bridgehead atoms. The molecule has 0 spiro atoms. The quantitative estimate of drug-likeness (QED) is 0.525. The van der Waals surface area contributed by atoms with Crippen LogP contribution in [-0.2, 0) is 0 Å². The second-order valence-electron chi connectivity index (χ2n) is 5.73. The van der Waals surface area contributed by atoms with E-state index in [1.165, 1.54) is 18.5 Å². The van der Waals surface area contributed by atoms with E-state index < -0.39 is 5.82 Å². The lowest BCUT2D eigenvalue weighted by molar-refractivity contribution is 0.385. The number of hydrogen-bond donors (Lipinski definition) is 1. The molecule has 0 aliphatic carbocycles. The molecule has 3 aromatic rings. The molecule has 1 aromatic heterocycles. The maximum atomic E-state index is 13.4. The molecule has 0 radical (unpaired) electrons. The van der Waals surface area contributed by atoms with Gasteiger partial charge in [0.25, 0.3) is 5.88 Å². The Balaban J connectivity index is 1.76. The highest BCUT2D eigenvalue weighted by atomic mass is 35.5. The largest absolute Gasteiger partial charge is 0.496 e. The van der Waals surface area contributed by atoms with Crippen molar-refractivity contribution in [3.05, 3.63) is 53.1 Å². The highest BCUT2D eigenvalue weighted by Gasteiger charge is 2.21. The molecule has 28 heavy (non-hydrogen) atoms. The first-order valence-corrected chi connectivity index (χ1v) is 8.52. The fraction of sp³-hybridized carbons (Fsp3) is 0.105. The van der Waals surface area contributed by atoms with E-state index in [2.05, 4.69) is 20.3 Å². The van der Waals surface area contributed by atoms with Crippen molar-refractivity contribution in [2.75, 3.05) is 19.5 Å². The van der Waals surface area contributed by atoms with Gasteiger partial charge in [-0.15, -0.1) is 0 Å². The Kier molecular flexibility index (Phi) is 4.70. The van der Waals surface area contributed by atoms with Crippen molar-refractivity contribution in [2.45, 2.75) is 0 Å². The van der Waals surface area contributed by atoms with E-state index in [1.54, 1.807) is 38.6 Å². The van der Waals surface area contributed by atoms with Crippen LogP contribution in [0, 0.1) is 5.82 Å². The molecule has 9 heteroatoms. The number of aromatic nitrogens is 2. The zero-order valence-corrected chi connectivity index (χ0v) is 15.6. The van der Waals surface area contributed by atoms with Gasteiger partial charge in [-0.05, 0) is 18.2 Å². The third-order valence-corrected chi connectivity index (χ3v) is 4.32. The number of ether oxygens (including phenoxy) is 3. The molecule has 2 aromatic carbocycles. The normalized spacial score (nSPS) is 11.7. The van der Waals surface area contributed by atoms with Gasteiger partial charge < -0.3 is 19.5 Å². The van der Waals surface area contributed by atoms with Gasteiger partial charge in [-0.3, -0.25) is 0 Å². The summed E-state index contributed by atoms with van der Waals surface area (Å²) in [5, 5.41) is 3.05. The first-order chi connectivity index (χ1) is 13.6. The van der Waals surface area contributed by atoms with Crippen LogP contribution in [0.2, 0.25) is 5.02 Å². The highest BCUT2D eigenvalue weighted by molar-refractivity contribution is 6.31. The summed E-state index contributed by atoms with van der Waals surface area (Å²) < 4.78 is 30.0. The molecule has 0 amide bonds. The first-order valence-electron chi connectivity index (χ1n) is 8.14. The number of rotatable bonds is 4. The first kappa shape index (κ1) is 18.0. The number of halogens is 2. The van der Waals surface area contributed by atoms with Crippen LogP contribution in [0.3, 0.4) is 0 Å². The minimum absolute atomic E-state index is 0.00543. The highest BCUT2D eigenvalue weighted by Crippen LogP contribution is 2.43. The van der Waals surface area contributed by atoms with Crippen LogP contribution in [0.25, 0.3) is 0 Å². The Labute approximate surface area is 164 Å². The Morgan fingerprint density at radius 2 is 1.96 bits per heavy atom. The third-order valence-electron chi connectivity index (χ3n) is 4.03. The zero-order valence-electron chi connectivity index (χ0n) is 14.9. The van der Waals surface area contributed by atoms with Crippen molar-refractivity contribution < 1.29 is 18.6 Å². The van der Waals surface area contributed by atoms with Crippen LogP contribution >= 0.6 is 11.6 Å². The van der Waals surface area contributed by atoms with Crippen molar-refractivity contribution in [1.82, 2.24) is 9.97 Å². The summed E-state index contributed by atoms with van der Waals surface area (Å²) >= 11 is 5.84. The van der Waals surface area contributed by atoms with Gasteiger partial charge in [-0.25, -0.2) is 14.4 Å². The van der Waals surface area contributed by atoms with Gasteiger partial charge in [0.15, 0.2) is 11.5 Å². The van der Waals surface area contributed by atoms with E-state index in [4.69, 9.17) is 25.8 Å². The molecule has 0 saturated carbocycles. The second kappa shape index (κ2) is 7.32. The molecule has 1 N–H and O–H groups in total. The topological polar surface area (TPSA) is 77.9 Å². The molecule has 0 fully saturated rings. The van der Waals surface area contributed by atoms with Crippen LogP contribution in [0.15, 0.2) is 41.7 Å². The van der Waals surface area contributed by atoms with Gasteiger partial charge in [0.2, 0.25) is 0 Å². The minimum atomic E-state index is -0.508. The number of nitrogens with zero attached hydrogens (tertiary/aromatic N) is 3. The predicted molar refractivity (Wildman–Crippen MR) is 104 cm³/mol. The Hall–Kier alpha value is -3.39. The summed E-state index contributed by atoms with van der Waals surface area (Å²) in [6.07, 6.45) is 2.94. The van der Waals surface area contributed by atoms with Crippen molar-refractivity contribution in [3.8, 4) is 23.1 Å². The van der Waals surface area contributed by atoms with Gasteiger partial charge in [-0.2, -0.15) is 4.98 Å². The lowest BCUT2D eigenvalue weighted by Gasteiger charge is -2.13. The second-order valence-corrected chi connectivity index (χ2v) is 6.14. The Morgan fingerprint density at radius 1 is 1.11 bits per heavy atom. The maximum Gasteiger partial charge on any atom is 0.250 e. The summed E-state index contributed by atoms with van der Waals surface area (Å²) in [4.78, 5) is 12.8. The van der Waals surface area contributed by atoms with Gasteiger partial charge in [0.1, 0.15) is 29.4 Å². The summed E-state index contributed by atoms with van der Waals surface area (Å²) in [5.41, 5.74) is 1.56. The van der Waals surface area contributed by atoms with Crippen molar-refractivity contribution in [2.24, 2.45) is 4.99 Å². The third kappa shape index (κ3) is 3.29. The molecule has 4 rings (SSSR count). The smallest absolute Gasteiger partial charge is 0.250 e. The number of benzene rings is 2. The Bertz CT molecular complexity index is 1090. The minimum Gasteiger partial charge on any atom is -0.496 e. The standard InChI is InChI=1S/C19H14ClFN4O3/c1-26-11-6-15(27-2)12-8-22-17-18(23-9-24-19(17)28-16(12)7-11)25-10-3-4-14(21)13(20)5-10/h3-9H,1-2H3,(H,23,24,25). The van der Waals surface area contributed by atoms with Crippen molar-refractivity contribution >= 4 is 35.0 Å². The van der Waals surface area contributed by atoms with Gasteiger partial charge in [0.05, 0.1) is 24.8 Å². The summed E-state index contributed by atoms with van der Waals surface area (Å²) in [6.45, 7) is 0. The molecule has 0 atom stereocenters. The molecular weight excluding hydrogens is 387 g/mol. The zero-order chi connectivity index (χ0) is 19.7. The SMILES string of the molecule is COc1cc(OC)c2c(c1)Oc1ncnc(Nc3ccc(F)c(Cl)c3)c1N=C2. The van der Waals surface area contributed by atoms with Gasteiger partial charge in [0, 0.05) is 24.0 Å². The van der Waals surface area contributed by atoms with Crippen LogP contribution in [-0.4, -0.2) is 30.4 Å². The molecule has 0 unspecified atom stereocenters. The van der Waals surface area contributed by atoms with Gasteiger partial charge in [-0.1, -0.05) is 11.6 Å². The molecule has 142 valence electrons. The molecule has 7 nitrogen and oxygen atoms in total. The van der Waals surface area contributed by atoms with E-state index >= 15 is 0 Å². The van der Waals surface area contributed by atoms with Crippen molar-refractivity contribution in [1.29, 1.82) is 0 Å². The number of fused-ring (bicyclic) bond motifs is 2. The summed E-state index contributed by atoms with van der Waals surface area (Å²) in [5.74, 6) is 1.71. The van der Waals surface area contributed by atoms with Crippen molar-refractivity contribution in [3.63, 3.8) is 0 Å². The van der Waals surface area contributed by atoms with Crippen LogP contribution < -0.4 is 19.5 Å². The van der Waals surface area contributed by atoms with E-state index in [1.807, 2.05) is 0 Å². The number of nitrogens with one attached hydrogen (secondary N) is 1. The predicted octanol–water partition coefficient (Wildman–Crippen LogP) is 4.89. The van der Waals surface area contributed by atoms with Crippen LogP contribution in [0.5, 0.6) is 23.1 Å². The van der Waals surface area contributed by atoms with Crippen LogP contribution in [0.1, 0.15) is 5.56 Å². The summed E-state index contributed by atoms with van der Waals surface area (Å²) in [6, 6.07) is 7.70. The molecular formula is C19H14ClFN4O3. The fourth-order valence-electron chi connectivity index (χ4n) is 2.66. The van der Waals surface area contributed by atoms with E-state index in [0.717, 1.165) is 0 Å². The van der Waals surface area contributed by atoms with E-state index in [0.29, 0.717) is 40.0 Å². The average Bonchev–Trinajstić information content (AvgIpc) is 2.89. The molecule has 0 saturated heterocycles. The molecule has 1 aliphatic rings. The number of hydrogen-bond acceptors (Lipinski definition) is 7. The Morgan fingerprint density at radius 3 is 2.71 bits per heavy atom. The fourth-order valence-corrected chi connectivity index (χ4v) is 2.84. The van der Waals surface area contributed by atoms with E-state index in [9.17, 15) is 4.39 Å². The van der Waals surface area contributed by atoms with E-state index in [-0.39, 0.29) is 10.9 Å². The average molecular weight is 401 g/mol. The monoisotopic (exact) mass is 400 g/mol. The van der Waals surface area contributed by atoms with Crippen LogP contribution in [0.4, 0.5) is 21.6 Å².